The maximum absolute atomic E-state index is 11.5. The number of nitrogens with one attached hydrogen (secondary N) is 1. The fourth-order valence-corrected chi connectivity index (χ4v) is 2.50. The van der Waals surface area contributed by atoms with Crippen molar-refractivity contribution >= 4 is 5.97 Å². The van der Waals surface area contributed by atoms with E-state index in [-0.39, 0.29) is 6.10 Å². The third-order valence-corrected chi connectivity index (χ3v) is 4.19. The van der Waals surface area contributed by atoms with E-state index in [1.807, 2.05) is 45.9 Å². The van der Waals surface area contributed by atoms with Gasteiger partial charge in [0.1, 0.15) is 0 Å². The predicted molar refractivity (Wildman–Crippen MR) is 91.1 cm³/mol. The van der Waals surface area contributed by atoms with Crippen LogP contribution in [0.2, 0.25) is 0 Å². The zero-order valence-corrected chi connectivity index (χ0v) is 14.8. The zero-order valence-electron chi connectivity index (χ0n) is 14.8. The molecule has 0 atom stereocenters. The Kier molecular flexibility index (Phi) is 7.36. The molecule has 1 aromatic carbocycles. The molecule has 5 nitrogen and oxygen atoms in total. The Morgan fingerprint density at radius 3 is 2.39 bits per heavy atom. The first-order chi connectivity index (χ1) is 10.9. The lowest BCUT2D eigenvalue weighted by Gasteiger charge is -2.27. The molecule has 0 aliphatic heterocycles. The number of methoxy groups -OCH3 is 1. The van der Waals surface area contributed by atoms with E-state index in [1.54, 1.807) is 7.11 Å². The van der Waals surface area contributed by atoms with E-state index in [0.29, 0.717) is 37.4 Å². The molecule has 0 unspecified atom stereocenters. The molecule has 0 bridgehead atoms. The Morgan fingerprint density at radius 1 is 1.26 bits per heavy atom. The lowest BCUT2D eigenvalue weighted by Crippen LogP contribution is -2.40. The molecule has 0 saturated carbocycles. The summed E-state index contributed by atoms with van der Waals surface area (Å²) in [6.45, 7) is 8.81. The number of aliphatic carboxylic acids is 1. The van der Waals surface area contributed by atoms with Crippen LogP contribution in [0.4, 0.5) is 0 Å². The molecule has 23 heavy (non-hydrogen) atoms. The number of rotatable bonds is 10. The first-order valence-electron chi connectivity index (χ1n) is 8.16. The summed E-state index contributed by atoms with van der Waals surface area (Å²) in [4.78, 5) is 11.5. The van der Waals surface area contributed by atoms with E-state index in [9.17, 15) is 9.90 Å². The number of carboxylic acid groups (broad SMARTS) is 1. The molecule has 5 heteroatoms. The Bertz CT molecular complexity index is 510. The lowest BCUT2D eigenvalue weighted by molar-refractivity contribution is -0.149. The predicted octanol–water partition coefficient (Wildman–Crippen LogP) is 3.46. The minimum Gasteiger partial charge on any atom is -0.493 e. The van der Waals surface area contributed by atoms with Crippen LogP contribution in [-0.4, -0.2) is 30.8 Å². The van der Waals surface area contributed by atoms with Crippen molar-refractivity contribution in [2.45, 2.75) is 53.2 Å². The summed E-state index contributed by atoms with van der Waals surface area (Å²) < 4.78 is 11.1. The van der Waals surface area contributed by atoms with Crippen LogP contribution in [0.1, 0.15) is 46.1 Å². The van der Waals surface area contributed by atoms with Crippen molar-refractivity contribution in [1.29, 1.82) is 0 Å². The van der Waals surface area contributed by atoms with Gasteiger partial charge in [0, 0.05) is 13.1 Å². The van der Waals surface area contributed by atoms with Gasteiger partial charge in [0.2, 0.25) is 0 Å². The molecule has 0 amide bonds. The minimum atomic E-state index is -0.742. The summed E-state index contributed by atoms with van der Waals surface area (Å²) in [6.07, 6.45) is 1.30. The monoisotopic (exact) mass is 323 g/mol. The Hall–Kier alpha value is -1.75. The van der Waals surface area contributed by atoms with Gasteiger partial charge < -0.3 is 19.9 Å². The van der Waals surface area contributed by atoms with Crippen LogP contribution < -0.4 is 14.8 Å². The van der Waals surface area contributed by atoms with Gasteiger partial charge in [0.15, 0.2) is 11.5 Å². The van der Waals surface area contributed by atoms with Crippen LogP contribution >= 0.6 is 0 Å². The van der Waals surface area contributed by atoms with Gasteiger partial charge in [-0.25, -0.2) is 0 Å². The van der Waals surface area contributed by atoms with Crippen LogP contribution in [0.3, 0.4) is 0 Å². The molecule has 0 heterocycles. The number of ether oxygens (including phenoxy) is 2. The molecule has 0 saturated heterocycles. The molecule has 0 fully saturated rings. The van der Waals surface area contributed by atoms with Gasteiger partial charge in [-0.1, -0.05) is 19.9 Å². The molecule has 0 radical (unpaired) electrons. The number of carbonyl (C=O) groups is 1. The summed E-state index contributed by atoms with van der Waals surface area (Å²) in [6, 6.07) is 5.78. The molecule has 1 aromatic rings. The van der Waals surface area contributed by atoms with Gasteiger partial charge >= 0.3 is 5.97 Å². The molecule has 0 aromatic heterocycles. The molecule has 0 aliphatic carbocycles. The molecular formula is C18H29NO4. The average Bonchev–Trinajstić information content (AvgIpc) is 2.52. The number of hydrogen-bond acceptors (Lipinski definition) is 4. The van der Waals surface area contributed by atoms with Crippen LogP contribution in [0.5, 0.6) is 11.5 Å². The summed E-state index contributed by atoms with van der Waals surface area (Å²) in [5.41, 5.74) is 0.328. The van der Waals surface area contributed by atoms with E-state index in [2.05, 4.69) is 5.32 Å². The fraction of sp³-hybridized carbons (Fsp3) is 0.611. The van der Waals surface area contributed by atoms with Crippen molar-refractivity contribution < 1.29 is 19.4 Å². The minimum absolute atomic E-state index is 0.0816. The van der Waals surface area contributed by atoms with E-state index >= 15 is 0 Å². The van der Waals surface area contributed by atoms with E-state index < -0.39 is 11.4 Å². The second kappa shape index (κ2) is 8.77. The van der Waals surface area contributed by atoms with Crippen LogP contribution in [0.25, 0.3) is 0 Å². The van der Waals surface area contributed by atoms with Crippen molar-refractivity contribution in [3.8, 4) is 11.5 Å². The highest BCUT2D eigenvalue weighted by atomic mass is 16.5. The summed E-state index contributed by atoms with van der Waals surface area (Å²) in [5.74, 6) is 0.662. The van der Waals surface area contributed by atoms with Gasteiger partial charge in [-0.2, -0.15) is 0 Å². The van der Waals surface area contributed by atoms with Gasteiger partial charge in [0.25, 0.3) is 0 Å². The fourth-order valence-electron chi connectivity index (χ4n) is 2.50. The zero-order chi connectivity index (χ0) is 17.5. The summed E-state index contributed by atoms with van der Waals surface area (Å²) in [5, 5.41) is 12.7. The average molecular weight is 323 g/mol. The maximum atomic E-state index is 11.5. The van der Waals surface area contributed by atoms with Crippen molar-refractivity contribution in [3.63, 3.8) is 0 Å². The molecule has 1 rings (SSSR count). The molecular weight excluding hydrogens is 294 g/mol. The standard InChI is InChI=1S/C18H29NO4/c1-6-18(7-2,17(20)21)12-19-11-14-8-9-15(23-13(3)4)16(10-14)22-5/h8-10,13,19H,6-7,11-12H2,1-5H3,(H,20,21). The highest BCUT2D eigenvalue weighted by Crippen LogP contribution is 2.29. The first-order valence-corrected chi connectivity index (χ1v) is 8.16. The first kappa shape index (κ1) is 19.3. The van der Waals surface area contributed by atoms with Crippen LogP contribution in [0.15, 0.2) is 18.2 Å². The normalized spacial score (nSPS) is 11.6. The van der Waals surface area contributed by atoms with Crippen molar-refractivity contribution in [1.82, 2.24) is 5.32 Å². The Morgan fingerprint density at radius 2 is 1.91 bits per heavy atom. The lowest BCUT2D eigenvalue weighted by atomic mass is 9.82. The van der Waals surface area contributed by atoms with Crippen LogP contribution in [0, 0.1) is 5.41 Å². The summed E-state index contributed by atoms with van der Waals surface area (Å²) >= 11 is 0. The molecule has 0 spiro atoms. The van der Waals surface area contributed by atoms with Gasteiger partial charge in [-0.15, -0.1) is 0 Å². The smallest absolute Gasteiger partial charge is 0.310 e. The quantitative estimate of drug-likeness (QED) is 0.690. The SMILES string of the molecule is CCC(CC)(CNCc1ccc(OC(C)C)c(OC)c1)C(=O)O. The third-order valence-electron chi connectivity index (χ3n) is 4.19. The number of hydrogen-bond donors (Lipinski definition) is 2. The van der Waals surface area contributed by atoms with Gasteiger partial charge in [0.05, 0.1) is 18.6 Å². The van der Waals surface area contributed by atoms with E-state index in [4.69, 9.17) is 9.47 Å². The van der Waals surface area contributed by atoms with Crippen molar-refractivity contribution in [2.75, 3.05) is 13.7 Å². The highest BCUT2D eigenvalue weighted by molar-refractivity contribution is 5.74. The molecule has 2 N–H and O–H groups in total. The number of benzene rings is 1. The maximum Gasteiger partial charge on any atom is 0.310 e. The highest BCUT2D eigenvalue weighted by Gasteiger charge is 2.34. The third kappa shape index (κ3) is 5.13. The van der Waals surface area contributed by atoms with Crippen molar-refractivity contribution in [2.24, 2.45) is 5.41 Å². The molecule has 0 aliphatic rings. The largest absolute Gasteiger partial charge is 0.493 e. The molecule has 130 valence electrons. The van der Waals surface area contributed by atoms with E-state index in [0.717, 1.165) is 5.56 Å². The summed E-state index contributed by atoms with van der Waals surface area (Å²) in [7, 11) is 1.61. The van der Waals surface area contributed by atoms with Crippen LogP contribution in [-0.2, 0) is 11.3 Å². The topological polar surface area (TPSA) is 67.8 Å². The second-order valence-corrected chi connectivity index (χ2v) is 6.05. The van der Waals surface area contributed by atoms with Gasteiger partial charge in [-0.05, 0) is 44.4 Å². The Labute approximate surface area is 139 Å². The second-order valence-electron chi connectivity index (χ2n) is 6.05. The van der Waals surface area contributed by atoms with Gasteiger partial charge in [-0.3, -0.25) is 4.79 Å². The Balaban J connectivity index is 2.73. The van der Waals surface area contributed by atoms with E-state index in [1.165, 1.54) is 0 Å². The van der Waals surface area contributed by atoms with Crippen molar-refractivity contribution in [3.05, 3.63) is 23.8 Å². The number of carboxylic acids is 1.